The molecule has 12 unspecified atom stereocenters. The largest absolute Gasteiger partial charge is 0.481 e. The van der Waals surface area contributed by atoms with E-state index in [-0.39, 0.29) is 63.9 Å². The van der Waals surface area contributed by atoms with Crippen LogP contribution in [-0.2, 0) is 87.9 Å². The molecule has 35 nitrogen and oxygen atoms in total. The highest BCUT2D eigenvalue weighted by molar-refractivity contribution is 6.01. The fourth-order valence-electron chi connectivity index (χ4n) is 11.8. The first kappa shape index (κ1) is 83.6. The molecule has 17 N–H and O–H groups in total. The monoisotopic (exact) mass is 1420 g/mol. The molecule has 3 heterocycles. The summed E-state index contributed by atoms with van der Waals surface area (Å²) in [4.78, 5) is 233. The van der Waals surface area contributed by atoms with E-state index in [9.17, 15) is 97.1 Å². The van der Waals surface area contributed by atoms with Crippen molar-refractivity contribution in [2.24, 2.45) is 17.6 Å². The third-order valence-electron chi connectivity index (χ3n) is 17.5. The van der Waals surface area contributed by atoms with Crippen molar-refractivity contribution in [3.05, 3.63) is 29.8 Å². The maximum atomic E-state index is 15.3. The van der Waals surface area contributed by atoms with Crippen LogP contribution < -0.4 is 64.2 Å². The Hall–Kier alpha value is -9.83. The van der Waals surface area contributed by atoms with Gasteiger partial charge in [0, 0.05) is 37.7 Å². The molecular formula is C66H100N14O21. The average Bonchev–Trinajstić information content (AvgIpc) is 1.80. The van der Waals surface area contributed by atoms with Gasteiger partial charge in [0.25, 0.3) is 0 Å². The van der Waals surface area contributed by atoms with Crippen molar-refractivity contribution in [1.82, 2.24) is 63.0 Å². The number of rotatable bonds is 27. The number of nitrogens with two attached hydrogens (primary N) is 1. The van der Waals surface area contributed by atoms with Gasteiger partial charge >= 0.3 is 23.9 Å². The van der Waals surface area contributed by atoms with Gasteiger partial charge in [0.05, 0.1) is 44.3 Å². The van der Waals surface area contributed by atoms with Crippen molar-refractivity contribution in [3.8, 4) is 0 Å². The lowest BCUT2D eigenvalue weighted by Crippen LogP contribution is -2.66. The van der Waals surface area contributed by atoms with Crippen LogP contribution in [0.5, 0.6) is 0 Å². The second-order valence-corrected chi connectivity index (χ2v) is 26.1. The Kier molecular flexibility index (Phi) is 34.5. The molecule has 3 saturated heterocycles. The van der Waals surface area contributed by atoms with E-state index < -0.39 is 205 Å². The fourth-order valence-corrected chi connectivity index (χ4v) is 11.8. The average molecular weight is 1430 g/mol. The highest BCUT2D eigenvalue weighted by atomic mass is 16.4. The van der Waals surface area contributed by atoms with Crippen molar-refractivity contribution in [1.29, 1.82) is 0 Å². The Balaban J connectivity index is 1.72. The van der Waals surface area contributed by atoms with Crippen LogP contribution in [0.25, 0.3) is 0 Å². The van der Waals surface area contributed by atoms with Gasteiger partial charge in [-0.2, -0.15) is 0 Å². The first-order valence-electron chi connectivity index (χ1n) is 34.3. The molecule has 0 radical (unpaired) electrons. The quantitative estimate of drug-likeness (QED) is 0.0430. The normalized spacial score (nSPS) is 23.7. The molecule has 560 valence electrons. The Morgan fingerprint density at radius 1 is 0.554 bits per heavy atom. The molecule has 0 saturated carbocycles. The number of hydrogen-bond donors (Lipinski definition) is 16. The number of nitrogens with zero attached hydrogens (tertiary/aromatic N) is 2. The van der Waals surface area contributed by atoms with Gasteiger partial charge in [-0.1, -0.05) is 84.3 Å². The van der Waals surface area contributed by atoms with Crippen LogP contribution >= 0.6 is 0 Å². The summed E-state index contributed by atoms with van der Waals surface area (Å²) in [6, 6.07) is -12.2. The van der Waals surface area contributed by atoms with Gasteiger partial charge in [-0.25, -0.2) is 0 Å². The zero-order valence-electron chi connectivity index (χ0n) is 58.0. The van der Waals surface area contributed by atoms with Gasteiger partial charge in [0.15, 0.2) is 0 Å². The standard InChI is InChI=1S/C66H100N14O21/c1-7-8-9-10-11-12-13-14-15-21-46(81)71-40-25-22-39(23-26-40)24-27-47(82)72-43(32-52(89)90)59(93)78-56-38(6)70-60(94)45-20-18-29-80(45)64(98)53(35(2)3)76-63(97)55(37(5)67)75-49(84)34-69-57(91)41(30-50(85)86)73-48(83)33-68-58(92)42(31-51(87)88)74-62(96)54(36(4)66(100)101)77-61(95)44-19-16-17-28-79(44)65(56)99/h22-23,25-26,35-38,41-45,53-56H,7-21,24,27-34,67H2,1-6H3,(H,68,92)(H,69,91)(H,70,94)(H,71,81)(H,72,82)(H,73,83)(H,74,96)(H,75,84)(H,76,97)(H,77,95)(H,78,93)(H,85,86)(H,87,88)(H,89,90)(H,100,101). The third kappa shape index (κ3) is 27.7. The molecule has 1 aromatic rings. The molecule has 0 aliphatic carbocycles. The second-order valence-electron chi connectivity index (χ2n) is 26.1. The summed E-state index contributed by atoms with van der Waals surface area (Å²) in [5, 5.41) is 65.4. The molecule has 12 atom stereocenters. The number of carboxylic acids is 4. The molecule has 1 aromatic carbocycles. The number of anilines is 1. The number of fused-ring (bicyclic) bond motifs is 2. The van der Waals surface area contributed by atoms with Gasteiger partial charge in [0.1, 0.15) is 54.4 Å². The first-order valence-corrected chi connectivity index (χ1v) is 34.3. The van der Waals surface area contributed by atoms with E-state index in [0.29, 0.717) is 17.7 Å². The number of aliphatic carboxylic acids is 4. The molecule has 3 aliphatic rings. The zero-order chi connectivity index (χ0) is 75.2. The summed E-state index contributed by atoms with van der Waals surface area (Å²) in [5.41, 5.74) is 7.28. The molecule has 0 aromatic heterocycles. The first-order chi connectivity index (χ1) is 47.7. The molecular weight excluding hydrogens is 1320 g/mol. The maximum Gasteiger partial charge on any atom is 0.308 e. The van der Waals surface area contributed by atoms with Crippen LogP contribution in [-0.4, -0.2) is 224 Å². The summed E-state index contributed by atoms with van der Waals surface area (Å²) in [6.45, 7) is 6.42. The van der Waals surface area contributed by atoms with E-state index in [1.165, 1.54) is 46.0 Å². The topological polar surface area (TPSA) is 536 Å². The van der Waals surface area contributed by atoms with Crippen molar-refractivity contribution in [3.63, 3.8) is 0 Å². The van der Waals surface area contributed by atoms with Gasteiger partial charge in [0.2, 0.25) is 76.8 Å². The molecule has 0 bridgehead atoms. The number of carbonyl (C=O) groups is 17. The van der Waals surface area contributed by atoms with E-state index in [1.807, 2.05) is 10.6 Å². The zero-order valence-corrected chi connectivity index (χ0v) is 58.0. The number of piperidine rings is 1. The summed E-state index contributed by atoms with van der Waals surface area (Å²) >= 11 is 0. The van der Waals surface area contributed by atoms with E-state index >= 15 is 4.79 Å². The lowest BCUT2D eigenvalue weighted by molar-refractivity contribution is -0.150. The number of benzene rings is 1. The molecule has 35 heteroatoms. The minimum atomic E-state index is -2.17. The minimum Gasteiger partial charge on any atom is -0.481 e. The van der Waals surface area contributed by atoms with Crippen LogP contribution in [0.1, 0.15) is 169 Å². The van der Waals surface area contributed by atoms with Crippen LogP contribution in [0, 0.1) is 11.8 Å². The second kappa shape index (κ2) is 41.7. The number of aryl methyl sites for hydroxylation is 1. The van der Waals surface area contributed by atoms with Crippen molar-refractivity contribution in [2.45, 2.75) is 236 Å². The van der Waals surface area contributed by atoms with Gasteiger partial charge in [-0.3, -0.25) is 81.5 Å². The Labute approximate surface area is 584 Å². The van der Waals surface area contributed by atoms with Gasteiger partial charge < -0.3 is 94.4 Å². The van der Waals surface area contributed by atoms with Gasteiger partial charge in [-0.15, -0.1) is 0 Å². The van der Waals surface area contributed by atoms with Crippen molar-refractivity contribution >= 4 is 106 Å². The smallest absolute Gasteiger partial charge is 0.308 e. The number of hydrogen-bond acceptors (Lipinski definition) is 18. The Bertz CT molecular complexity index is 3150. The molecule has 4 rings (SSSR count). The third-order valence-corrected chi connectivity index (χ3v) is 17.5. The molecule has 13 amide bonds. The summed E-state index contributed by atoms with van der Waals surface area (Å²) in [6.07, 6.45) is 7.03. The van der Waals surface area contributed by atoms with Crippen molar-refractivity contribution in [2.75, 3.05) is 31.5 Å². The summed E-state index contributed by atoms with van der Waals surface area (Å²) in [5.74, 6) is -23.0. The molecule has 3 fully saturated rings. The predicted octanol–water partition coefficient (Wildman–Crippen LogP) is -1.86. The lowest BCUT2D eigenvalue weighted by Gasteiger charge is -2.39. The van der Waals surface area contributed by atoms with E-state index in [4.69, 9.17) is 5.73 Å². The van der Waals surface area contributed by atoms with Crippen LogP contribution in [0.3, 0.4) is 0 Å². The summed E-state index contributed by atoms with van der Waals surface area (Å²) in [7, 11) is 0. The maximum absolute atomic E-state index is 15.3. The van der Waals surface area contributed by atoms with E-state index in [0.717, 1.165) is 42.4 Å². The molecule has 0 spiro atoms. The highest BCUT2D eigenvalue weighted by Gasteiger charge is 2.45. The number of amides is 13. The molecule has 101 heavy (non-hydrogen) atoms. The van der Waals surface area contributed by atoms with E-state index in [2.05, 4.69) is 54.8 Å². The van der Waals surface area contributed by atoms with Crippen LogP contribution in [0.15, 0.2) is 24.3 Å². The Morgan fingerprint density at radius 3 is 1.62 bits per heavy atom. The number of carboxylic acid groups (broad SMARTS) is 4. The van der Waals surface area contributed by atoms with Crippen LogP contribution in [0.2, 0.25) is 0 Å². The molecule has 3 aliphatic heterocycles. The number of carbonyl (C=O) groups excluding carboxylic acids is 13. The fraction of sp³-hybridized carbons (Fsp3) is 0.652. The predicted molar refractivity (Wildman–Crippen MR) is 359 cm³/mol. The Morgan fingerprint density at radius 2 is 1.07 bits per heavy atom. The SMILES string of the molecule is CCCCCCCCCCCC(=O)Nc1ccc(CCC(=O)NC(CC(=O)O)C(=O)NC2C(=O)N3CCCCC3C(=O)NC(C(C)C(=O)O)C(=O)NC(CC(=O)O)C(=O)NCC(=O)NC(CC(=O)O)C(=O)NCC(=O)NC(C(C)N)C(=O)NC(C(C)C)C(=O)N3CCCC3C(=O)NC2C)cc1. The van der Waals surface area contributed by atoms with Crippen LogP contribution in [0.4, 0.5) is 5.69 Å². The highest BCUT2D eigenvalue weighted by Crippen LogP contribution is 2.24. The number of unbranched alkanes of at least 4 members (excludes halogenated alkanes) is 8. The summed E-state index contributed by atoms with van der Waals surface area (Å²) < 4.78 is 0. The number of nitrogens with one attached hydrogen (secondary N) is 11. The van der Waals surface area contributed by atoms with E-state index in [1.54, 1.807) is 38.1 Å². The lowest BCUT2D eigenvalue weighted by atomic mass is 9.96. The minimum absolute atomic E-state index is 0.00172. The van der Waals surface area contributed by atoms with Crippen molar-refractivity contribution < 1.29 is 102 Å². The van der Waals surface area contributed by atoms with Gasteiger partial charge in [-0.05, 0) is 89.3 Å².